The molecule has 26 heavy (non-hydrogen) atoms. The predicted molar refractivity (Wildman–Crippen MR) is 102 cm³/mol. The second-order valence-corrected chi connectivity index (χ2v) is 6.82. The van der Waals surface area contributed by atoms with Gasteiger partial charge in [0, 0.05) is 50.6 Å². The van der Waals surface area contributed by atoms with Gasteiger partial charge in [-0.05, 0) is 43.5 Å². The van der Waals surface area contributed by atoms with Crippen LogP contribution in [0.4, 0.5) is 0 Å². The van der Waals surface area contributed by atoms with Gasteiger partial charge in [-0.1, -0.05) is 12.1 Å². The molecule has 1 saturated heterocycles. The predicted octanol–water partition coefficient (Wildman–Crippen LogP) is 2.27. The number of amides is 1. The van der Waals surface area contributed by atoms with Crippen LogP contribution in [0.2, 0.25) is 0 Å². The molecule has 1 aromatic carbocycles. The third-order valence-corrected chi connectivity index (χ3v) is 4.97. The summed E-state index contributed by atoms with van der Waals surface area (Å²) < 4.78 is 7.02. The number of aryl methyl sites for hydroxylation is 1. The van der Waals surface area contributed by atoms with E-state index in [4.69, 9.17) is 4.74 Å². The van der Waals surface area contributed by atoms with Gasteiger partial charge in [-0.3, -0.25) is 9.48 Å². The summed E-state index contributed by atoms with van der Waals surface area (Å²) in [6.07, 6.45) is 5.00. The molecule has 6 nitrogen and oxygen atoms in total. The van der Waals surface area contributed by atoms with Crippen molar-refractivity contribution < 1.29 is 9.53 Å². The van der Waals surface area contributed by atoms with Crippen LogP contribution in [0.3, 0.4) is 0 Å². The first-order valence-corrected chi connectivity index (χ1v) is 9.32. The Kier molecular flexibility index (Phi) is 6.41. The maximum Gasteiger partial charge on any atom is 0.251 e. The Morgan fingerprint density at radius 2 is 2.12 bits per heavy atom. The van der Waals surface area contributed by atoms with Crippen LogP contribution in [0.15, 0.2) is 36.7 Å². The number of aromatic nitrogens is 2. The van der Waals surface area contributed by atoms with E-state index in [-0.39, 0.29) is 5.91 Å². The number of benzene rings is 1. The lowest BCUT2D eigenvalue weighted by Crippen LogP contribution is -2.31. The summed E-state index contributed by atoms with van der Waals surface area (Å²) in [6.45, 7) is 7.50. The van der Waals surface area contributed by atoms with Crippen molar-refractivity contribution in [2.75, 3.05) is 39.9 Å². The minimum Gasteiger partial charge on any atom is -0.383 e. The third-order valence-electron chi connectivity index (χ3n) is 4.97. The molecule has 6 heteroatoms. The summed E-state index contributed by atoms with van der Waals surface area (Å²) in [5.41, 5.74) is 2.85. The Hall–Kier alpha value is -2.18. The number of hydrogen-bond acceptors (Lipinski definition) is 4. The quantitative estimate of drug-likeness (QED) is 0.788. The maximum atomic E-state index is 12.4. The van der Waals surface area contributed by atoms with E-state index < -0.39 is 0 Å². The highest BCUT2D eigenvalue weighted by atomic mass is 16.5. The lowest BCUT2D eigenvalue weighted by molar-refractivity contribution is 0.0946. The molecule has 140 valence electrons. The van der Waals surface area contributed by atoms with Gasteiger partial charge in [-0.2, -0.15) is 5.10 Å². The summed E-state index contributed by atoms with van der Waals surface area (Å²) in [7, 11) is 1.73. The van der Waals surface area contributed by atoms with Gasteiger partial charge in [0.15, 0.2) is 0 Å². The summed E-state index contributed by atoms with van der Waals surface area (Å²) >= 11 is 0. The minimum atomic E-state index is -0.00357. The van der Waals surface area contributed by atoms with Crippen LogP contribution in [-0.2, 0) is 11.3 Å². The molecule has 1 aliphatic rings. The fraction of sp³-hybridized carbons (Fsp3) is 0.500. The highest BCUT2D eigenvalue weighted by Crippen LogP contribution is 2.19. The summed E-state index contributed by atoms with van der Waals surface area (Å²) in [6, 6.07) is 7.73. The van der Waals surface area contributed by atoms with E-state index in [1.54, 1.807) is 7.11 Å². The van der Waals surface area contributed by atoms with Gasteiger partial charge in [0.25, 0.3) is 5.91 Å². The minimum absolute atomic E-state index is 0.00357. The molecule has 0 aliphatic carbocycles. The zero-order valence-electron chi connectivity index (χ0n) is 15.6. The van der Waals surface area contributed by atoms with Crippen LogP contribution < -0.4 is 5.32 Å². The van der Waals surface area contributed by atoms with Crippen LogP contribution in [-0.4, -0.2) is 60.5 Å². The van der Waals surface area contributed by atoms with E-state index in [2.05, 4.69) is 22.2 Å². The first kappa shape index (κ1) is 18.6. The first-order valence-electron chi connectivity index (χ1n) is 9.32. The monoisotopic (exact) mass is 356 g/mol. The molecule has 0 bridgehead atoms. The van der Waals surface area contributed by atoms with Crippen molar-refractivity contribution in [1.29, 1.82) is 0 Å². The first-order chi connectivity index (χ1) is 12.7. The van der Waals surface area contributed by atoms with Gasteiger partial charge < -0.3 is 15.0 Å². The molecular weight excluding hydrogens is 328 g/mol. The highest BCUT2D eigenvalue weighted by Gasteiger charge is 2.22. The normalized spacial score (nSPS) is 17.5. The van der Waals surface area contributed by atoms with Gasteiger partial charge in [0.2, 0.25) is 0 Å². The molecule has 1 aliphatic heterocycles. The molecule has 3 rings (SSSR count). The fourth-order valence-electron chi connectivity index (χ4n) is 3.34. The number of ether oxygens (including phenoxy) is 1. The summed E-state index contributed by atoms with van der Waals surface area (Å²) in [4.78, 5) is 14.8. The highest BCUT2D eigenvalue weighted by molar-refractivity contribution is 5.94. The Labute approximate surface area is 155 Å². The standard InChI is InChI=1S/C20H28N4O2/c1-3-24-15-19(13-22-24)17-4-6-18(7-5-17)20(25)21-12-16-8-9-23(14-16)10-11-26-2/h4-7,13,15-16H,3,8-12,14H2,1-2H3,(H,21,25). The molecular formula is C20H28N4O2. The number of methoxy groups -OCH3 is 1. The lowest BCUT2D eigenvalue weighted by Gasteiger charge is -2.15. The second-order valence-electron chi connectivity index (χ2n) is 6.82. The van der Waals surface area contributed by atoms with E-state index in [0.29, 0.717) is 11.5 Å². The number of carbonyl (C=O) groups excluding carboxylic acids is 1. The Balaban J connectivity index is 1.49. The average Bonchev–Trinajstić information content (AvgIpc) is 3.34. The molecule has 1 aromatic heterocycles. The van der Waals surface area contributed by atoms with Crippen molar-refractivity contribution in [2.24, 2.45) is 5.92 Å². The van der Waals surface area contributed by atoms with E-state index in [1.807, 2.05) is 41.3 Å². The number of nitrogens with zero attached hydrogens (tertiary/aromatic N) is 3. The molecule has 1 fully saturated rings. The van der Waals surface area contributed by atoms with Crippen molar-refractivity contribution in [3.8, 4) is 11.1 Å². The van der Waals surface area contributed by atoms with Crippen molar-refractivity contribution in [3.63, 3.8) is 0 Å². The van der Waals surface area contributed by atoms with Crippen molar-refractivity contribution >= 4 is 5.91 Å². The Morgan fingerprint density at radius 3 is 2.81 bits per heavy atom. The maximum absolute atomic E-state index is 12.4. The molecule has 1 N–H and O–H groups in total. The van der Waals surface area contributed by atoms with Crippen LogP contribution in [0.5, 0.6) is 0 Å². The largest absolute Gasteiger partial charge is 0.383 e. The van der Waals surface area contributed by atoms with E-state index in [1.165, 1.54) is 0 Å². The number of carbonyl (C=O) groups is 1. The third kappa shape index (κ3) is 4.71. The molecule has 1 amide bonds. The average molecular weight is 356 g/mol. The van der Waals surface area contributed by atoms with Crippen LogP contribution in [0.25, 0.3) is 11.1 Å². The van der Waals surface area contributed by atoms with Crippen molar-refractivity contribution in [3.05, 3.63) is 42.2 Å². The van der Waals surface area contributed by atoms with Gasteiger partial charge in [-0.15, -0.1) is 0 Å². The molecule has 0 radical (unpaired) electrons. The van der Waals surface area contributed by atoms with E-state index >= 15 is 0 Å². The molecule has 1 atom stereocenters. The van der Waals surface area contributed by atoms with Crippen molar-refractivity contribution in [2.45, 2.75) is 19.9 Å². The van der Waals surface area contributed by atoms with Crippen molar-refractivity contribution in [1.82, 2.24) is 20.0 Å². The van der Waals surface area contributed by atoms with Gasteiger partial charge in [0.1, 0.15) is 0 Å². The van der Waals surface area contributed by atoms with Gasteiger partial charge >= 0.3 is 0 Å². The van der Waals surface area contributed by atoms with Crippen LogP contribution in [0, 0.1) is 5.92 Å². The summed E-state index contributed by atoms with van der Waals surface area (Å²) in [5.74, 6) is 0.520. The summed E-state index contributed by atoms with van der Waals surface area (Å²) in [5, 5.41) is 7.37. The lowest BCUT2D eigenvalue weighted by atomic mass is 10.1. The number of likely N-dealkylation sites (tertiary alicyclic amines) is 1. The topological polar surface area (TPSA) is 59.4 Å². The van der Waals surface area contributed by atoms with Gasteiger partial charge in [-0.25, -0.2) is 0 Å². The zero-order valence-corrected chi connectivity index (χ0v) is 15.6. The Bertz CT molecular complexity index is 711. The van der Waals surface area contributed by atoms with Crippen LogP contribution in [0.1, 0.15) is 23.7 Å². The molecule has 0 saturated carbocycles. The SMILES string of the molecule is CCn1cc(-c2ccc(C(=O)NCC3CCN(CCOC)C3)cc2)cn1. The van der Waals surface area contributed by atoms with Crippen LogP contribution >= 0.6 is 0 Å². The second kappa shape index (κ2) is 8.96. The molecule has 1 unspecified atom stereocenters. The number of hydrogen-bond donors (Lipinski definition) is 1. The number of nitrogens with one attached hydrogen (secondary N) is 1. The number of rotatable bonds is 8. The smallest absolute Gasteiger partial charge is 0.251 e. The zero-order chi connectivity index (χ0) is 18.4. The van der Waals surface area contributed by atoms with Gasteiger partial charge in [0.05, 0.1) is 12.8 Å². The fourth-order valence-corrected chi connectivity index (χ4v) is 3.34. The Morgan fingerprint density at radius 1 is 1.31 bits per heavy atom. The van der Waals surface area contributed by atoms with E-state index in [9.17, 15) is 4.79 Å². The molecule has 0 spiro atoms. The molecule has 2 heterocycles. The molecule has 2 aromatic rings. The van der Waals surface area contributed by atoms with E-state index in [0.717, 1.165) is 56.9 Å².